The molecule has 2 rings (SSSR count). The summed E-state index contributed by atoms with van der Waals surface area (Å²) in [4.78, 5) is 42.5. The van der Waals surface area contributed by atoms with Gasteiger partial charge < -0.3 is 25.4 Å². The normalized spacial score (nSPS) is 13.6. The Hall–Kier alpha value is -3.81. The number of ether oxygens (including phenoxy) is 1. The van der Waals surface area contributed by atoms with Gasteiger partial charge in [0.25, 0.3) is 0 Å². The molecule has 0 aliphatic heterocycles. The maximum Gasteiger partial charge on any atom is 0.408 e. The Morgan fingerprint density at radius 1 is 1.05 bits per heavy atom. The van der Waals surface area contributed by atoms with Crippen molar-refractivity contribution in [3.8, 4) is 5.75 Å². The number of aromatic hydroxyl groups is 1. The van der Waals surface area contributed by atoms with Gasteiger partial charge in [-0.25, -0.2) is 4.79 Å². The van der Waals surface area contributed by atoms with Crippen molar-refractivity contribution in [1.82, 2.24) is 15.5 Å². The average molecular weight is 538 g/mol. The third-order valence-electron chi connectivity index (χ3n) is 6.10. The van der Waals surface area contributed by atoms with E-state index in [9.17, 15) is 19.5 Å². The lowest BCUT2D eigenvalue weighted by Gasteiger charge is -2.38. The van der Waals surface area contributed by atoms with Gasteiger partial charge >= 0.3 is 6.09 Å². The van der Waals surface area contributed by atoms with Crippen LogP contribution in [0.4, 0.5) is 4.79 Å². The van der Waals surface area contributed by atoms with Crippen molar-refractivity contribution in [3.63, 3.8) is 0 Å². The summed E-state index contributed by atoms with van der Waals surface area (Å²) in [5, 5.41) is 15.4. The molecule has 3 atom stereocenters. The van der Waals surface area contributed by atoms with E-state index >= 15 is 0 Å². The fourth-order valence-electron chi connectivity index (χ4n) is 4.15. The minimum Gasteiger partial charge on any atom is -0.508 e. The van der Waals surface area contributed by atoms with Gasteiger partial charge in [0.15, 0.2) is 0 Å². The summed E-state index contributed by atoms with van der Waals surface area (Å²) in [5.74, 6) is -0.646. The number of hydrogen-bond acceptors (Lipinski definition) is 5. The molecule has 2 aromatic rings. The van der Waals surface area contributed by atoms with Gasteiger partial charge in [-0.1, -0.05) is 49.9 Å². The van der Waals surface area contributed by atoms with Crippen molar-refractivity contribution in [3.05, 3.63) is 71.8 Å². The molecular weight excluding hydrogens is 494 g/mol. The van der Waals surface area contributed by atoms with Crippen LogP contribution in [0.25, 0.3) is 6.08 Å². The van der Waals surface area contributed by atoms with Gasteiger partial charge in [0, 0.05) is 18.5 Å². The molecule has 0 bridgehead atoms. The molecule has 0 radical (unpaired) electrons. The van der Waals surface area contributed by atoms with Gasteiger partial charge in [-0.15, -0.1) is 0 Å². The molecule has 212 valence electrons. The lowest BCUT2D eigenvalue weighted by atomic mass is 9.96. The number of rotatable bonds is 11. The van der Waals surface area contributed by atoms with Crippen LogP contribution in [0.2, 0.25) is 0 Å². The van der Waals surface area contributed by atoms with Gasteiger partial charge in [-0.3, -0.25) is 9.59 Å². The van der Waals surface area contributed by atoms with Gasteiger partial charge in [-0.05, 0) is 82.9 Å². The van der Waals surface area contributed by atoms with Gasteiger partial charge in [0.05, 0.1) is 0 Å². The van der Waals surface area contributed by atoms with Gasteiger partial charge in [-0.2, -0.15) is 0 Å². The van der Waals surface area contributed by atoms with Crippen LogP contribution in [0.3, 0.4) is 0 Å². The van der Waals surface area contributed by atoms with Crippen LogP contribution in [0.5, 0.6) is 5.75 Å². The first kappa shape index (κ1) is 31.4. The smallest absolute Gasteiger partial charge is 0.408 e. The number of hydrogen-bond donors (Lipinski definition) is 3. The van der Waals surface area contributed by atoms with Crippen molar-refractivity contribution < 1.29 is 24.2 Å². The predicted octanol–water partition coefficient (Wildman–Crippen LogP) is 5.36. The molecule has 3 unspecified atom stereocenters. The summed E-state index contributed by atoms with van der Waals surface area (Å²) in [6.45, 7) is 16.6. The SMILES string of the molecule is C=Cc1cccc(C(C(=O)NC(C)C)N(C(=O)C(Cc2ccc(O)cc2)NC(=O)OC(C)(C)C)C(C)CC)c1. The van der Waals surface area contributed by atoms with Gasteiger partial charge in [0.1, 0.15) is 23.4 Å². The molecule has 2 aromatic carbocycles. The number of amides is 3. The van der Waals surface area contributed by atoms with Crippen LogP contribution in [0.15, 0.2) is 55.1 Å². The summed E-state index contributed by atoms with van der Waals surface area (Å²) >= 11 is 0. The first-order valence-electron chi connectivity index (χ1n) is 13.4. The van der Waals surface area contributed by atoms with E-state index in [1.165, 1.54) is 12.1 Å². The highest BCUT2D eigenvalue weighted by molar-refractivity contribution is 5.92. The molecular formula is C31H43N3O5. The molecule has 0 fully saturated rings. The highest BCUT2D eigenvalue weighted by atomic mass is 16.6. The Bertz CT molecular complexity index is 1140. The zero-order valence-corrected chi connectivity index (χ0v) is 24.2. The van der Waals surface area contributed by atoms with Crippen LogP contribution in [-0.2, 0) is 20.7 Å². The van der Waals surface area contributed by atoms with Crippen LogP contribution in [0, 0.1) is 0 Å². The number of phenols is 1. The number of carbonyl (C=O) groups is 3. The Morgan fingerprint density at radius 2 is 1.69 bits per heavy atom. The molecule has 0 aliphatic carbocycles. The standard InChI is InChI=1S/C31H43N3O5/c1-9-21(5)34(27(28(36)32-20(3)4)24-13-11-12-22(10-2)18-24)29(37)26(33-30(38)39-31(6,7)8)19-23-14-16-25(35)17-15-23/h10-18,20-21,26-27,35H,2,9,19H2,1,3-8H3,(H,32,36)(H,33,38). The van der Waals surface area contributed by atoms with E-state index in [1.54, 1.807) is 43.9 Å². The molecule has 0 heterocycles. The fraction of sp³-hybridized carbons (Fsp3) is 0.452. The molecule has 0 saturated carbocycles. The van der Waals surface area contributed by atoms with E-state index in [0.717, 1.165) is 11.1 Å². The molecule has 3 amide bonds. The summed E-state index contributed by atoms with van der Waals surface area (Å²) in [6.07, 6.45) is 1.67. The fourth-order valence-corrected chi connectivity index (χ4v) is 4.15. The summed E-state index contributed by atoms with van der Waals surface area (Å²) in [6, 6.07) is 11.3. The molecule has 0 saturated heterocycles. The van der Waals surface area contributed by atoms with Crippen molar-refractivity contribution in [1.29, 1.82) is 0 Å². The van der Waals surface area contributed by atoms with Crippen LogP contribution >= 0.6 is 0 Å². The highest BCUT2D eigenvalue weighted by Gasteiger charge is 2.38. The largest absolute Gasteiger partial charge is 0.508 e. The first-order valence-corrected chi connectivity index (χ1v) is 13.4. The van der Waals surface area contributed by atoms with Crippen molar-refractivity contribution in [2.24, 2.45) is 0 Å². The van der Waals surface area contributed by atoms with Crippen LogP contribution in [0.1, 0.15) is 77.6 Å². The predicted molar refractivity (Wildman–Crippen MR) is 154 cm³/mol. The van der Waals surface area contributed by atoms with E-state index in [0.29, 0.717) is 12.0 Å². The number of phenolic OH excluding ortho intramolecular Hbond substituents is 1. The zero-order chi connectivity index (χ0) is 29.3. The second-order valence-corrected chi connectivity index (χ2v) is 11.0. The van der Waals surface area contributed by atoms with Crippen molar-refractivity contribution in [2.75, 3.05) is 0 Å². The minimum absolute atomic E-state index is 0.0930. The quantitative estimate of drug-likeness (QED) is 0.357. The third kappa shape index (κ3) is 9.46. The van der Waals surface area contributed by atoms with E-state index in [4.69, 9.17) is 4.74 Å². The molecule has 3 N–H and O–H groups in total. The van der Waals surface area contributed by atoms with Crippen molar-refractivity contribution in [2.45, 2.75) is 91.1 Å². The molecule has 8 heteroatoms. The maximum absolute atomic E-state index is 14.4. The average Bonchev–Trinajstić information content (AvgIpc) is 2.85. The number of alkyl carbamates (subject to hydrolysis) is 1. The molecule has 0 aliphatic rings. The second kappa shape index (κ2) is 13.8. The highest BCUT2D eigenvalue weighted by Crippen LogP contribution is 2.28. The number of benzene rings is 2. The van der Waals surface area contributed by atoms with E-state index in [2.05, 4.69) is 17.2 Å². The monoisotopic (exact) mass is 537 g/mol. The second-order valence-electron chi connectivity index (χ2n) is 11.0. The van der Waals surface area contributed by atoms with E-state index in [1.807, 2.05) is 52.0 Å². The minimum atomic E-state index is -1.03. The van der Waals surface area contributed by atoms with Crippen LogP contribution < -0.4 is 10.6 Å². The summed E-state index contributed by atoms with van der Waals surface area (Å²) < 4.78 is 5.47. The summed E-state index contributed by atoms with van der Waals surface area (Å²) in [7, 11) is 0. The molecule has 39 heavy (non-hydrogen) atoms. The topological polar surface area (TPSA) is 108 Å². The lowest BCUT2D eigenvalue weighted by molar-refractivity contribution is -0.145. The Balaban J connectivity index is 2.62. The number of nitrogens with zero attached hydrogens (tertiary/aromatic N) is 1. The Kier molecular flexibility index (Phi) is 11.1. The number of nitrogens with one attached hydrogen (secondary N) is 2. The lowest BCUT2D eigenvalue weighted by Crippen LogP contribution is -2.56. The van der Waals surface area contributed by atoms with E-state index < -0.39 is 29.7 Å². The maximum atomic E-state index is 14.4. The molecule has 0 spiro atoms. The van der Waals surface area contributed by atoms with Gasteiger partial charge in [0.2, 0.25) is 11.8 Å². The van der Waals surface area contributed by atoms with Crippen LogP contribution in [-0.4, -0.2) is 51.6 Å². The molecule has 8 nitrogen and oxygen atoms in total. The Morgan fingerprint density at radius 3 is 2.23 bits per heavy atom. The Labute approximate surface area is 232 Å². The van der Waals surface area contributed by atoms with Crippen molar-refractivity contribution >= 4 is 24.0 Å². The number of carbonyl (C=O) groups excluding carboxylic acids is 3. The summed E-state index contributed by atoms with van der Waals surface area (Å²) in [5.41, 5.74) is 1.42. The molecule has 0 aromatic heterocycles. The zero-order valence-electron chi connectivity index (χ0n) is 24.2. The first-order chi connectivity index (χ1) is 18.2. The van der Waals surface area contributed by atoms with E-state index in [-0.39, 0.29) is 30.2 Å². The third-order valence-corrected chi connectivity index (χ3v) is 6.10.